The molecule has 122 valence electrons. The molecule has 1 aromatic heterocycles. The van der Waals surface area contributed by atoms with Gasteiger partial charge >= 0.3 is 0 Å². The molecule has 2 aromatic carbocycles. The minimum absolute atomic E-state index is 0.615. The molecule has 0 saturated carbocycles. The van der Waals surface area contributed by atoms with E-state index in [9.17, 15) is 9.47 Å². The number of halogens is 1. The molecule has 0 spiro atoms. The van der Waals surface area contributed by atoms with Crippen molar-refractivity contribution in [3.05, 3.63) is 53.1 Å². The third kappa shape index (κ3) is 2.91. The Morgan fingerprint density at radius 3 is 2.54 bits per heavy atom. The van der Waals surface area contributed by atoms with E-state index in [2.05, 4.69) is 22.3 Å². The molecule has 1 unspecified atom stereocenters. The second-order valence-corrected chi connectivity index (χ2v) is 6.92. The van der Waals surface area contributed by atoms with Crippen LogP contribution >= 0.6 is 11.6 Å². The zero-order valence-corrected chi connectivity index (χ0v) is 14.9. The molecule has 24 heavy (non-hydrogen) atoms. The lowest BCUT2D eigenvalue weighted by atomic mass is 10.1. The van der Waals surface area contributed by atoms with Gasteiger partial charge in [-0.05, 0) is 42.8 Å². The first-order valence-corrected chi connectivity index (χ1v) is 9.41. The maximum atomic E-state index is 11.3. The summed E-state index contributed by atoms with van der Waals surface area (Å²) in [5.74, 6) is 0. The van der Waals surface area contributed by atoms with Crippen molar-refractivity contribution < 1.29 is 4.21 Å². The molecule has 1 atom stereocenters. The van der Waals surface area contributed by atoms with Gasteiger partial charge in [0, 0.05) is 34.4 Å². The molecular formula is C18H16ClN3OS. The van der Waals surface area contributed by atoms with Gasteiger partial charge in [-0.3, -0.25) is 0 Å². The van der Waals surface area contributed by atoms with Crippen LogP contribution in [-0.2, 0) is 17.5 Å². The molecule has 0 fully saturated rings. The third-order valence-electron chi connectivity index (χ3n) is 3.87. The van der Waals surface area contributed by atoms with E-state index in [0.717, 1.165) is 34.4 Å². The highest BCUT2D eigenvalue weighted by molar-refractivity contribution is 7.85. The number of fused-ring (bicyclic) bond motifs is 1. The third-order valence-corrected chi connectivity index (χ3v) is 4.63. The SMILES string of the molecule is CCn1c(-c2ccc(NS(C)=O)cc2)c(C#N)c2cc(Cl)ccc21. The zero-order chi connectivity index (χ0) is 17.3. The summed E-state index contributed by atoms with van der Waals surface area (Å²) in [5, 5.41) is 11.2. The van der Waals surface area contributed by atoms with E-state index in [0.29, 0.717) is 10.6 Å². The molecule has 6 heteroatoms. The molecule has 3 rings (SSSR count). The fourth-order valence-corrected chi connectivity index (χ4v) is 3.57. The number of hydrogen-bond donors (Lipinski definition) is 1. The minimum atomic E-state index is -1.12. The number of nitrogens with one attached hydrogen (secondary N) is 1. The van der Waals surface area contributed by atoms with Gasteiger partial charge in [0.1, 0.15) is 17.1 Å². The van der Waals surface area contributed by atoms with Crippen LogP contribution < -0.4 is 4.72 Å². The van der Waals surface area contributed by atoms with E-state index < -0.39 is 11.0 Å². The molecule has 0 amide bonds. The Labute approximate surface area is 148 Å². The van der Waals surface area contributed by atoms with Crippen LogP contribution in [0.1, 0.15) is 12.5 Å². The van der Waals surface area contributed by atoms with E-state index in [-0.39, 0.29) is 0 Å². The Hall–Kier alpha value is -2.29. The summed E-state index contributed by atoms with van der Waals surface area (Å²) in [6.07, 6.45) is 1.58. The van der Waals surface area contributed by atoms with Crippen LogP contribution in [0.5, 0.6) is 0 Å². The van der Waals surface area contributed by atoms with Crippen molar-refractivity contribution in [1.29, 1.82) is 5.26 Å². The van der Waals surface area contributed by atoms with Gasteiger partial charge in [0.05, 0.1) is 11.3 Å². The van der Waals surface area contributed by atoms with Crippen LogP contribution in [0, 0.1) is 11.3 Å². The molecule has 0 radical (unpaired) electrons. The number of aromatic nitrogens is 1. The molecule has 0 aliphatic rings. The normalized spacial score (nSPS) is 12.1. The van der Waals surface area contributed by atoms with Crippen molar-refractivity contribution in [1.82, 2.24) is 4.57 Å². The summed E-state index contributed by atoms with van der Waals surface area (Å²) in [4.78, 5) is 0. The standard InChI is InChI=1S/C18H16ClN3OS/c1-3-22-17-9-6-13(19)10-15(17)16(11-20)18(22)12-4-7-14(8-5-12)21-24(2)23/h4-10,21H,3H2,1-2H3. The van der Waals surface area contributed by atoms with E-state index in [4.69, 9.17) is 11.6 Å². The Kier molecular flexibility index (Phi) is 4.61. The molecule has 4 nitrogen and oxygen atoms in total. The Bertz CT molecular complexity index is 971. The first kappa shape index (κ1) is 16.6. The predicted molar refractivity (Wildman–Crippen MR) is 100 cm³/mol. The topological polar surface area (TPSA) is 57.8 Å². The van der Waals surface area contributed by atoms with Crippen molar-refractivity contribution in [3.63, 3.8) is 0 Å². The maximum Gasteiger partial charge on any atom is 0.113 e. The van der Waals surface area contributed by atoms with Crippen LogP contribution in [0.2, 0.25) is 5.02 Å². The molecule has 0 aliphatic carbocycles. The van der Waals surface area contributed by atoms with E-state index in [1.54, 1.807) is 6.26 Å². The van der Waals surface area contributed by atoms with Crippen LogP contribution in [0.25, 0.3) is 22.2 Å². The maximum absolute atomic E-state index is 11.3. The van der Waals surface area contributed by atoms with Crippen molar-refractivity contribution in [2.75, 3.05) is 11.0 Å². The van der Waals surface area contributed by atoms with Gasteiger partial charge in [0.15, 0.2) is 0 Å². The van der Waals surface area contributed by atoms with Gasteiger partial charge in [0.2, 0.25) is 0 Å². The lowest BCUT2D eigenvalue weighted by molar-refractivity contribution is 0.690. The van der Waals surface area contributed by atoms with E-state index in [1.165, 1.54) is 0 Å². The first-order chi connectivity index (χ1) is 11.5. The lowest BCUT2D eigenvalue weighted by Crippen LogP contribution is -2.01. The van der Waals surface area contributed by atoms with Gasteiger partial charge in [-0.1, -0.05) is 23.7 Å². The van der Waals surface area contributed by atoms with Gasteiger partial charge in [-0.2, -0.15) is 5.26 Å². The Morgan fingerprint density at radius 1 is 1.25 bits per heavy atom. The Morgan fingerprint density at radius 2 is 1.96 bits per heavy atom. The quantitative estimate of drug-likeness (QED) is 0.744. The molecule has 0 aliphatic heterocycles. The summed E-state index contributed by atoms with van der Waals surface area (Å²) >= 11 is 6.11. The van der Waals surface area contributed by atoms with Gasteiger partial charge < -0.3 is 9.29 Å². The predicted octanol–water partition coefficient (Wildman–Crippen LogP) is 4.56. The van der Waals surface area contributed by atoms with E-state index >= 15 is 0 Å². The molecular weight excluding hydrogens is 342 g/mol. The molecule has 0 bridgehead atoms. The minimum Gasteiger partial charge on any atom is -0.340 e. The number of nitriles is 1. The van der Waals surface area contributed by atoms with Gasteiger partial charge in [-0.25, -0.2) is 4.21 Å². The van der Waals surface area contributed by atoms with Crippen molar-refractivity contribution >= 4 is 39.2 Å². The highest BCUT2D eigenvalue weighted by atomic mass is 35.5. The van der Waals surface area contributed by atoms with Gasteiger partial charge in [0.25, 0.3) is 0 Å². The number of benzene rings is 2. The van der Waals surface area contributed by atoms with Crippen LogP contribution in [0.3, 0.4) is 0 Å². The van der Waals surface area contributed by atoms with Gasteiger partial charge in [-0.15, -0.1) is 0 Å². The Balaban J connectivity index is 2.21. The second-order valence-electron chi connectivity index (χ2n) is 5.37. The summed E-state index contributed by atoms with van der Waals surface area (Å²) in [5.41, 5.74) is 4.20. The smallest absolute Gasteiger partial charge is 0.113 e. The zero-order valence-electron chi connectivity index (χ0n) is 13.3. The van der Waals surface area contributed by atoms with E-state index in [1.807, 2.05) is 42.5 Å². The average Bonchev–Trinajstić information content (AvgIpc) is 2.87. The van der Waals surface area contributed by atoms with Crippen LogP contribution in [-0.4, -0.2) is 15.0 Å². The summed E-state index contributed by atoms with van der Waals surface area (Å²) in [7, 11) is -1.12. The number of hydrogen-bond acceptors (Lipinski definition) is 2. The number of aryl methyl sites for hydroxylation is 1. The number of anilines is 1. The second kappa shape index (κ2) is 6.68. The highest BCUT2D eigenvalue weighted by Gasteiger charge is 2.18. The van der Waals surface area contributed by atoms with Crippen molar-refractivity contribution in [3.8, 4) is 17.3 Å². The highest BCUT2D eigenvalue weighted by Crippen LogP contribution is 2.35. The van der Waals surface area contributed by atoms with Crippen molar-refractivity contribution in [2.45, 2.75) is 13.5 Å². The first-order valence-electron chi connectivity index (χ1n) is 7.47. The van der Waals surface area contributed by atoms with Crippen LogP contribution in [0.4, 0.5) is 5.69 Å². The fraction of sp³-hybridized carbons (Fsp3) is 0.167. The summed E-state index contributed by atoms with van der Waals surface area (Å²) in [6, 6.07) is 15.5. The number of nitrogens with zero attached hydrogens (tertiary/aromatic N) is 2. The fourth-order valence-electron chi connectivity index (χ4n) is 2.93. The molecule has 1 N–H and O–H groups in total. The van der Waals surface area contributed by atoms with Crippen molar-refractivity contribution in [2.24, 2.45) is 0 Å². The van der Waals surface area contributed by atoms with Crippen LogP contribution in [0.15, 0.2) is 42.5 Å². The molecule has 3 aromatic rings. The number of rotatable bonds is 4. The largest absolute Gasteiger partial charge is 0.340 e. The summed E-state index contributed by atoms with van der Waals surface area (Å²) in [6.45, 7) is 2.79. The lowest BCUT2D eigenvalue weighted by Gasteiger charge is -2.10. The summed E-state index contributed by atoms with van der Waals surface area (Å²) < 4.78 is 16.2. The molecule has 0 saturated heterocycles. The average molecular weight is 358 g/mol. The molecule has 1 heterocycles. The monoisotopic (exact) mass is 357 g/mol.